The van der Waals surface area contributed by atoms with Gasteiger partial charge in [0.1, 0.15) is 0 Å². The highest BCUT2D eigenvalue weighted by Gasteiger charge is 2.21. The lowest BCUT2D eigenvalue weighted by molar-refractivity contribution is 0.654. The molecular formula is C24H23N5O2. The zero-order valence-electron chi connectivity index (χ0n) is 18.0. The van der Waals surface area contributed by atoms with Crippen LogP contribution in [0, 0.1) is 20.8 Å². The highest BCUT2D eigenvalue weighted by atomic mass is 16.2. The third kappa shape index (κ3) is 2.77. The van der Waals surface area contributed by atoms with Gasteiger partial charge in [-0.25, -0.2) is 4.79 Å². The SMILES string of the molecule is Cc1ccccc1Cn1c(=O)c2c(nc3n(-c4ccccc4C)c(C)cn23)n(C)c1=O. The number of aromatic nitrogens is 5. The smallest absolute Gasteiger partial charge is 0.283 e. The predicted octanol–water partition coefficient (Wildman–Crippen LogP) is 3.11. The summed E-state index contributed by atoms with van der Waals surface area (Å²) in [6.45, 7) is 6.23. The minimum absolute atomic E-state index is 0.221. The largest absolute Gasteiger partial charge is 0.332 e. The Morgan fingerprint density at radius 2 is 1.58 bits per heavy atom. The summed E-state index contributed by atoms with van der Waals surface area (Å²) in [5.41, 5.74) is 5.10. The molecule has 3 heterocycles. The molecule has 0 radical (unpaired) electrons. The van der Waals surface area contributed by atoms with Crippen molar-refractivity contribution >= 4 is 16.9 Å². The van der Waals surface area contributed by atoms with Crippen molar-refractivity contribution in [3.05, 3.63) is 98.0 Å². The van der Waals surface area contributed by atoms with E-state index in [4.69, 9.17) is 4.98 Å². The van der Waals surface area contributed by atoms with Crippen molar-refractivity contribution in [2.24, 2.45) is 7.05 Å². The molecule has 7 heteroatoms. The second-order valence-corrected chi connectivity index (χ2v) is 8.01. The van der Waals surface area contributed by atoms with Crippen LogP contribution in [0.5, 0.6) is 0 Å². The van der Waals surface area contributed by atoms with Crippen molar-refractivity contribution in [1.82, 2.24) is 23.1 Å². The summed E-state index contributed by atoms with van der Waals surface area (Å²) in [5.74, 6) is 0.613. The normalized spacial score (nSPS) is 11.6. The van der Waals surface area contributed by atoms with E-state index >= 15 is 0 Å². The van der Waals surface area contributed by atoms with Crippen molar-refractivity contribution in [1.29, 1.82) is 0 Å². The molecule has 0 aliphatic heterocycles. The van der Waals surface area contributed by atoms with Crippen LogP contribution in [0.4, 0.5) is 0 Å². The molecular weight excluding hydrogens is 390 g/mol. The molecule has 7 nitrogen and oxygen atoms in total. The Morgan fingerprint density at radius 1 is 0.903 bits per heavy atom. The number of imidazole rings is 2. The van der Waals surface area contributed by atoms with Gasteiger partial charge in [-0.2, -0.15) is 4.98 Å². The average molecular weight is 413 g/mol. The number of hydrogen-bond acceptors (Lipinski definition) is 3. The Hall–Kier alpha value is -3.87. The number of nitrogens with zero attached hydrogens (tertiary/aromatic N) is 5. The summed E-state index contributed by atoms with van der Waals surface area (Å²) in [6, 6.07) is 15.8. The maximum Gasteiger partial charge on any atom is 0.332 e. The minimum Gasteiger partial charge on any atom is -0.283 e. The third-order valence-corrected chi connectivity index (χ3v) is 5.97. The van der Waals surface area contributed by atoms with Crippen molar-refractivity contribution < 1.29 is 0 Å². The van der Waals surface area contributed by atoms with E-state index in [1.165, 1.54) is 9.13 Å². The Kier molecular flexibility index (Phi) is 4.22. The number of rotatable bonds is 3. The first-order chi connectivity index (χ1) is 14.9. The lowest BCUT2D eigenvalue weighted by Crippen LogP contribution is -2.39. The van der Waals surface area contributed by atoms with Gasteiger partial charge in [0, 0.05) is 18.9 Å². The van der Waals surface area contributed by atoms with Gasteiger partial charge in [0.2, 0.25) is 5.78 Å². The highest BCUT2D eigenvalue weighted by Crippen LogP contribution is 2.23. The fourth-order valence-corrected chi connectivity index (χ4v) is 4.22. The minimum atomic E-state index is -0.374. The van der Waals surface area contributed by atoms with Crippen molar-refractivity contribution in [2.45, 2.75) is 27.3 Å². The van der Waals surface area contributed by atoms with Gasteiger partial charge in [0.15, 0.2) is 11.2 Å². The first-order valence-corrected chi connectivity index (χ1v) is 10.2. The summed E-state index contributed by atoms with van der Waals surface area (Å²) in [5, 5.41) is 0. The number of para-hydroxylation sites is 1. The first-order valence-electron chi connectivity index (χ1n) is 10.2. The van der Waals surface area contributed by atoms with Crippen molar-refractivity contribution in [2.75, 3.05) is 0 Å². The van der Waals surface area contributed by atoms with Gasteiger partial charge < -0.3 is 0 Å². The molecule has 0 saturated carbocycles. The van der Waals surface area contributed by atoms with E-state index in [0.717, 1.165) is 28.1 Å². The van der Waals surface area contributed by atoms with Crippen LogP contribution < -0.4 is 11.2 Å². The van der Waals surface area contributed by atoms with Gasteiger partial charge in [-0.15, -0.1) is 0 Å². The van der Waals surface area contributed by atoms with Crippen molar-refractivity contribution in [3.8, 4) is 5.69 Å². The predicted molar refractivity (Wildman–Crippen MR) is 121 cm³/mol. The van der Waals surface area contributed by atoms with E-state index in [-0.39, 0.29) is 17.8 Å². The first kappa shape index (κ1) is 19.1. The molecule has 0 saturated heterocycles. The van der Waals surface area contributed by atoms with E-state index in [0.29, 0.717) is 16.9 Å². The van der Waals surface area contributed by atoms with Crippen LogP contribution in [0.1, 0.15) is 22.4 Å². The van der Waals surface area contributed by atoms with E-state index < -0.39 is 0 Å². The molecule has 3 aromatic heterocycles. The topological polar surface area (TPSA) is 66.2 Å². The zero-order valence-corrected chi connectivity index (χ0v) is 18.0. The van der Waals surface area contributed by atoms with Crippen LogP contribution in [0.2, 0.25) is 0 Å². The van der Waals surface area contributed by atoms with E-state index in [2.05, 4.69) is 0 Å². The lowest BCUT2D eigenvalue weighted by Gasteiger charge is -2.10. The second kappa shape index (κ2) is 6.84. The molecule has 0 unspecified atom stereocenters. The Labute approximate surface area is 178 Å². The molecule has 0 bridgehead atoms. The molecule has 5 rings (SSSR count). The Bertz CT molecular complexity index is 1600. The van der Waals surface area contributed by atoms with Crippen LogP contribution in [-0.2, 0) is 13.6 Å². The summed E-state index contributed by atoms with van der Waals surface area (Å²) in [6.07, 6.45) is 1.90. The summed E-state index contributed by atoms with van der Waals surface area (Å²) >= 11 is 0. The molecule has 0 spiro atoms. The summed E-state index contributed by atoms with van der Waals surface area (Å²) in [4.78, 5) is 31.3. The summed E-state index contributed by atoms with van der Waals surface area (Å²) < 4.78 is 6.57. The average Bonchev–Trinajstić information content (AvgIpc) is 3.26. The van der Waals surface area contributed by atoms with Crippen LogP contribution in [-0.4, -0.2) is 23.1 Å². The zero-order chi connectivity index (χ0) is 21.9. The molecule has 5 aromatic rings. The third-order valence-electron chi connectivity index (χ3n) is 5.97. The molecule has 0 aliphatic rings. The molecule has 0 N–H and O–H groups in total. The van der Waals surface area contributed by atoms with Crippen molar-refractivity contribution in [3.63, 3.8) is 0 Å². The number of benzene rings is 2. The van der Waals surface area contributed by atoms with E-state index in [1.54, 1.807) is 11.4 Å². The van der Waals surface area contributed by atoms with Crippen LogP contribution in [0.25, 0.3) is 22.6 Å². The standard InChI is InChI=1S/C24H23N5O2/c1-15-9-5-7-11-18(15)14-28-22(30)20-21(26(4)24(28)31)25-23-27(20)13-17(3)29(23)19-12-8-6-10-16(19)2/h5-13H,14H2,1-4H3. The van der Waals surface area contributed by atoms with Gasteiger partial charge in [-0.1, -0.05) is 42.5 Å². The van der Waals surface area contributed by atoms with Gasteiger partial charge >= 0.3 is 5.69 Å². The van der Waals surface area contributed by atoms with Crippen LogP contribution in [0.3, 0.4) is 0 Å². The fourth-order valence-electron chi connectivity index (χ4n) is 4.22. The highest BCUT2D eigenvalue weighted by molar-refractivity contribution is 5.76. The Morgan fingerprint density at radius 3 is 2.29 bits per heavy atom. The molecule has 0 atom stereocenters. The maximum atomic E-state index is 13.5. The molecule has 156 valence electrons. The number of aryl methyl sites for hydroxylation is 4. The molecule has 0 amide bonds. The lowest BCUT2D eigenvalue weighted by atomic mass is 10.1. The molecule has 0 aliphatic carbocycles. The van der Waals surface area contributed by atoms with E-state index in [1.807, 2.05) is 80.1 Å². The molecule has 2 aromatic carbocycles. The maximum absolute atomic E-state index is 13.5. The summed E-state index contributed by atoms with van der Waals surface area (Å²) in [7, 11) is 1.66. The van der Waals surface area contributed by atoms with E-state index in [9.17, 15) is 9.59 Å². The number of fused-ring (bicyclic) bond motifs is 3. The van der Waals surface area contributed by atoms with Gasteiger partial charge in [0.05, 0.1) is 12.2 Å². The second-order valence-electron chi connectivity index (χ2n) is 8.01. The fraction of sp³-hybridized carbons (Fsp3) is 0.208. The molecule has 0 fully saturated rings. The van der Waals surface area contributed by atoms with Gasteiger partial charge in [-0.05, 0) is 43.5 Å². The number of hydrogen-bond donors (Lipinski definition) is 0. The molecule has 31 heavy (non-hydrogen) atoms. The van der Waals surface area contributed by atoms with Crippen LogP contribution >= 0.6 is 0 Å². The van der Waals surface area contributed by atoms with Gasteiger partial charge in [-0.3, -0.25) is 22.9 Å². The quantitative estimate of drug-likeness (QED) is 0.457. The van der Waals surface area contributed by atoms with Crippen LogP contribution in [0.15, 0.2) is 64.3 Å². The monoisotopic (exact) mass is 413 g/mol. The Balaban J connectivity index is 1.83. The van der Waals surface area contributed by atoms with Gasteiger partial charge in [0.25, 0.3) is 5.56 Å².